The van der Waals surface area contributed by atoms with Crippen molar-refractivity contribution in [2.45, 2.75) is 33.9 Å². The van der Waals surface area contributed by atoms with E-state index in [-0.39, 0.29) is 17.8 Å². The second-order valence-corrected chi connectivity index (χ2v) is 7.13. The van der Waals surface area contributed by atoms with Crippen LogP contribution >= 0.6 is 11.6 Å². The molecule has 0 saturated carbocycles. The molecule has 0 saturated heterocycles. The first-order valence-electron chi connectivity index (χ1n) is 8.77. The van der Waals surface area contributed by atoms with Gasteiger partial charge in [0.1, 0.15) is 0 Å². The van der Waals surface area contributed by atoms with Crippen LogP contribution in [-0.2, 0) is 20.1 Å². The average molecular weight is 386 g/mol. The molecular formula is C19H20ClN5O2. The first-order chi connectivity index (χ1) is 12.8. The summed E-state index contributed by atoms with van der Waals surface area (Å²) in [7, 11) is 1.65. The van der Waals surface area contributed by atoms with Gasteiger partial charge >= 0.3 is 5.69 Å². The number of imidazole rings is 2. The number of benzene rings is 1. The van der Waals surface area contributed by atoms with E-state index in [0.717, 1.165) is 23.5 Å². The number of hydrogen-bond donors (Lipinski definition) is 0. The standard InChI is InChI=1S/C19H20ClN5O2/c1-5-23-11(2)12(3)25-15-16(21-18(23)25)22(4)19(27)24(17(15)26)10-13-6-8-14(20)9-7-13/h6-9H,5,10H2,1-4H3. The number of aromatic nitrogens is 5. The second kappa shape index (κ2) is 6.13. The van der Waals surface area contributed by atoms with Gasteiger partial charge in [-0.3, -0.25) is 18.3 Å². The summed E-state index contributed by atoms with van der Waals surface area (Å²) < 4.78 is 6.59. The fraction of sp³-hybridized carbons (Fsp3) is 0.316. The predicted molar refractivity (Wildman–Crippen MR) is 106 cm³/mol. The van der Waals surface area contributed by atoms with Crippen molar-refractivity contribution < 1.29 is 0 Å². The molecule has 140 valence electrons. The van der Waals surface area contributed by atoms with Crippen LogP contribution in [0, 0.1) is 13.8 Å². The highest BCUT2D eigenvalue weighted by Gasteiger charge is 2.22. The molecule has 4 rings (SSSR count). The van der Waals surface area contributed by atoms with Gasteiger partial charge < -0.3 is 4.57 Å². The van der Waals surface area contributed by atoms with Crippen LogP contribution in [0.15, 0.2) is 33.9 Å². The Labute approximate surface area is 160 Å². The largest absolute Gasteiger partial charge is 0.332 e. The lowest BCUT2D eigenvalue weighted by Crippen LogP contribution is -2.39. The van der Waals surface area contributed by atoms with Gasteiger partial charge in [0, 0.05) is 30.0 Å². The van der Waals surface area contributed by atoms with E-state index in [1.54, 1.807) is 19.2 Å². The summed E-state index contributed by atoms with van der Waals surface area (Å²) in [6, 6.07) is 7.12. The summed E-state index contributed by atoms with van der Waals surface area (Å²) in [6.45, 7) is 6.92. The zero-order valence-corrected chi connectivity index (χ0v) is 16.4. The number of aryl methyl sites for hydroxylation is 3. The Balaban J connectivity index is 2.06. The van der Waals surface area contributed by atoms with Crippen LogP contribution in [0.3, 0.4) is 0 Å². The molecule has 7 nitrogen and oxygen atoms in total. The molecule has 0 fully saturated rings. The van der Waals surface area contributed by atoms with E-state index in [0.29, 0.717) is 22.0 Å². The molecular weight excluding hydrogens is 366 g/mol. The SMILES string of the molecule is CCn1c(C)c(C)n2c3c(=O)n(Cc4ccc(Cl)cc4)c(=O)n(C)c3nc12. The molecule has 3 aromatic heterocycles. The maximum Gasteiger partial charge on any atom is 0.332 e. The van der Waals surface area contributed by atoms with Gasteiger partial charge in [0.15, 0.2) is 11.2 Å². The van der Waals surface area contributed by atoms with Gasteiger partial charge in [-0.1, -0.05) is 23.7 Å². The zero-order valence-electron chi connectivity index (χ0n) is 15.7. The van der Waals surface area contributed by atoms with Crippen LogP contribution in [0.5, 0.6) is 0 Å². The van der Waals surface area contributed by atoms with Crippen LogP contribution in [0.4, 0.5) is 0 Å². The molecule has 0 atom stereocenters. The highest BCUT2D eigenvalue weighted by molar-refractivity contribution is 6.30. The first-order valence-corrected chi connectivity index (χ1v) is 9.15. The van der Waals surface area contributed by atoms with Crippen LogP contribution in [0.2, 0.25) is 5.02 Å². The molecule has 0 aliphatic rings. The lowest BCUT2D eigenvalue weighted by Gasteiger charge is -2.09. The molecule has 0 aliphatic heterocycles. The molecule has 0 unspecified atom stereocenters. The molecule has 0 radical (unpaired) electrons. The summed E-state index contributed by atoms with van der Waals surface area (Å²) in [6.07, 6.45) is 0. The smallest absolute Gasteiger partial charge is 0.314 e. The van der Waals surface area contributed by atoms with Crippen molar-refractivity contribution in [3.8, 4) is 0 Å². The van der Waals surface area contributed by atoms with Crippen molar-refractivity contribution in [1.29, 1.82) is 0 Å². The lowest BCUT2D eigenvalue weighted by molar-refractivity contribution is 0.656. The summed E-state index contributed by atoms with van der Waals surface area (Å²) in [5, 5.41) is 0.610. The highest BCUT2D eigenvalue weighted by atomic mass is 35.5. The fourth-order valence-corrected chi connectivity index (χ4v) is 3.73. The second-order valence-electron chi connectivity index (χ2n) is 6.69. The molecule has 8 heteroatoms. The van der Waals surface area contributed by atoms with Gasteiger partial charge in [-0.15, -0.1) is 0 Å². The van der Waals surface area contributed by atoms with E-state index in [2.05, 4.69) is 4.98 Å². The minimum absolute atomic E-state index is 0.179. The van der Waals surface area contributed by atoms with Gasteiger partial charge in [0.2, 0.25) is 5.78 Å². The summed E-state index contributed by atoms with van der Waals surface area (Å²) in [5.41, 5.74) is 2.93. The Hall–Kier alpha value is -2.80. The zero-order chi connectivity index (χ0) is 19.5. The van der Waals surface area contributed by atoms with Crippen molar-refractivity contribution in [3.05, 3.63) is 67.1 Å². The molecule has 3 heterocycles. The molecule has 0 N–H and O–H groups in total. The number of rotatable bonds is 3. The van der Waals surface area contributed by atoms with Gasteiger partial charge in [-0.25, -0.2) is 4.79 Å². The molecule has 27 heavy (non-hydrogen) atoms. The third-order valence-electron chi connectivity index (χ3n) is 5.20. The van der Waals surface area contributed by atoms with Gasteiger partial charge in [-0.05, 0) is 38.5 Å². The number of halogens is 1. The molecule has 0 bridgehead atoms. The Bertz CT molecular complexity index is 1310. The highest BCUT2D eigenvalue weighted by Crippen LogP contribution is 2.20. The Kier molecular flexibility index (Phi) is 3.99. The molecule has 4 aromatic rings. The summed E-state index contributed by atoms with van der Waals surface area (Å²) >= 11 is 5.93. The van der Waals surface area contributed by atoms with Crippen LogP contribution in [0.1, 0.15) is 23.9 Å². The predicted octanol–water partition coefficient (Wildman–Crippen LogP) is 2.49. The van der Waals surface area contributed by atoms with Crippen LogP contribution in [-0.4, -0.2) is 23.1 Å². The summed E-state index contributed by atoms with van der Waals surface area (Å²) in [5.74, 6) is 0.679. The Morgan fingerprint density at radius 1 is 1.04 bits per heavy atom. The van der Waals surface area contributed by atoms with Crippen LogP contribution in [0.25, 0.3) is 16.9 Å². The normalized spacial score (nSPS) is 11.7. The van der Waals surface area contributed by atoms with Gasteiger partial charge in [-0.2, -0.15) is 4.98 Å². The third-order valence-corrected chi connectivity index (χ3v) is 5.45. The summed E-state index contributed by atoms with van der Waals surface area (Å²) in [4.78, 5) is 30.7. The van der Waals surface area contributed by atoms with E-state index < -0.39 is 0 Å². The fourth-order valence-electron chi connectivity index (χ4n) is 3.61. The van der Waals surface area contributed by atoms with Crippen molar-refractivity contribution in [2.75, 3.05) is 0 Å². The first kappa shape index (κ1) is 17.6. The lowest BCUT2D eigenvalue weighted by atomic mass is 10.2. The Morgan fingerprint density at radius 3 is 2.33 bits per heavy atom. The maximum atomic E-state index is 13.3. The number of nitrogens with zero attached hydrogens (tertiary/aromatic N) is 5. The van der Waals surface area contributed by atoms with Crippen molar-refractivity contribution in [1.82, 2.24) is 23.1 Å². The average Bonchev–Trinajstić information content (AvgIpc) is 3.14. The number of hydrogen-bond acceptors (Lipinski definition) is 3. The van der Waals surface area contributed by atoms with Crippen molar-refractivity contribution in [2.24, 2.45) is 7.05 Å². The molecule has 0 spiro atoms. The van der Waals surface area contributed by atoms with E-state index in [4.69, 9.17) is 11.6 Å². The minimum Gasteiger partial charge on any atom is -0.314 e. The number of fused-ring (bicyclic) bond motifs is 3. The maximum absolute atomic E-state index is 13.3. The third kappa shape index (κ3) is 2.45. The molecule has 0 aliphatic carbocycles. The monoisotopic (exact) mass is 385 g/mol. The van der Waals surface area contributed by atoms with E-state index in [1.807, 2.05) is 41.9 Å². The quantitative estimate of drug-likeness (QED) is 0.544. The van der Waals surface area contributed by atoms with E-state index >= 15 is 0 Å². The van der Waals surface area contributed by atoms with E-state index in [9.17, 15) is 9.59 Å². The topological polar surface area (TPSA) is 66.2 Å². The van der Waals surface area contributed by atoms with Gasteiger partial charge in [0.25, 0.3) is 5.56 Å². The Morgan fingerprint density at radius 2 is 1.70 bits per heavy atom. The minimum atomic E-state index is -0.388. The van der Waals surface area contributed by atoms with Gasteiger partial charge in [0.05, 0.1) is 6.54 Å². The van der Waals surface area contributed by atoms with Crippen molar-refractivity contribution in [3.63, 3.8) is 0 Å². The van der Waals surface area contributed by atoms with E-state index in [1.165, 1.54) is 9.13 Å². The van der Waals surface area contributed by atoms with Crippen LogP contribution < -0.4 is 11.2 Å². The molecule has 1 aromatic carbocycles. The molecule has 0 amide bonds. The van der Waals surface area contributed by atoms with Crippen molar-refractivity contribution >= 4 is 28.5 Å².